The molecule has 0 aromatic carbocycles. The molecular weight excluding hydrogens is 274 g/mol. The zero-order valence-corrected chi connectivity index (χ0v) is 13.0. The molecule has 21 heavy (non-hydrogen) atoms. The summed E-state index contributed by atoms with van der Waals surface area (Å²) in [6.45, 7) is 9.65. The lowest BCUT2D eigenvalue weighted by atomic mass is 10.1. The van der Waals surface area contributed by atoms with E-state index in [1.54, 1.807) is 6.92 Å². The lowest BCUT2D eigenvalue weighted by Crippen LogP contribution is -2.47. The third kappa shape index (κ3) is 5.78. The van der Waals surface area contributed by atoms with Gasteiger partial charge in [-0.15, -0.1) is 0 Å². The number of nitrogens with zero attached hydrogens (tertiary/aromatic N) is 3. The molecule has 9 nitrogen and oxygen atoms in total. The molecule has 1 rings (SSSR count). The van der Waals surface area contributed by atoms with E-state index in [9.17, 15) is 4.79 Å². The van der Waals surface area contributed by atoms with Gasteiger partial charge in [0.25, 0.3) is 0 Å². The van der Waals surface area contributed by atoms with Gasteiger partial charge in [-0.3, -0.25) is 10.2 Å². The minimum absolute atomic E-state index is 0.131. The summed E-state index contributed by atoms with van der Waals surface area (Å²) in [5.41, 5.74) is 2.01. The summed E-state index contributed by atoms with van der Waals surface area (Å²) in [6.07, 6.45) is 0. The van der Waals surface area contributed by atoms with Gasteiger partial charge in [0.05, 0.1) is 6.61 Å². The molecule has 0 fully saturated rings. The van der Waals surface area contributed by atoms with E-state index in [0.29, 0.717) is 6.61 Å². The van der Waals surface area contributed by atoms with Crippen LogP contribution < -0.4 is 26.6 Å². The number of hydrogen-bond donors (Lipinski definition) is 4. The van der Waals surface area contributed by atoms with E-state index < -0.39 is 6.04 Å². The Labute approximate surface area is 124 Å². The Kier molecular flexibility index (Phi) is 5.65. The molecule has 1 aromatic heterocycles. The molecule has 0 bridgehead atoms. The van der Waals surface area contributed by atoms with Crippen LogP contribution in [0, 0.1) is 0 Å². The van der Waals surface area contributed by atoms with E-state index in [0.717, 1.165) is 0 Å². The Hall–Kier alpha value is -2.16. The molecule has 1 atom stereocenters. The number of anilines is 2. The predicted molar refractivity (Wildman–Crippen MR) is 79.8 cm³/mol. The Morgan fingerprint density at radius 3 is 2.43 bits per heavy atom. The van der Waals surface area contributed by atoms with E-state index in [1.165, 1.54) is 0 Å². The zero-order valence-electron chi connectivity index (χ0n) is 13.0. The van der Waals surface area contributed by atoms with Gasteiger partial charge >= 0.3 is 6.01 Å². The fourth-order valence-electron chi connectivity index (χ4n) is 1.42. The van der Waals surface area contributed by atoms with Crippen molar-refractivity contribution < 1.29 is 9.53 Å². The fraction of sp³-hybridized carbons (Fsp3) is 0.667. The minimum Gasteiger partial charge on any atom is -0.464 e. The summed E-state index contributed by atoms with van der Waals surface area (Å²) in [4.78, 5) is 24.0. The van der Waals surface area contributed by atoms with Crippen LogP contribution in [0.15, 0.2) is 0 Å². The van der Waals surface area contributed by atoms with Crippen LogP contribution in [0.5, 0.6) is 6.01 Å². The van der Waals surface area contributed by atoms with Crippen LogP contribution in [0.4, 0.5) is 11.9 Å². The fourth-order valence-corrected chi connectivity index (χ4v) is 1.42. The van der Waals surface area contributed by atoms with E-state index in [1.807, 2.05) is 27.7 Å². The molecule has 9 heteroatoms. The van der Waals surface area contributed by atoms with Gasteiger partial charge < -0.3 is 15.4 Å². The molecule has 0 aliphatic carbocycles. The standard InChI is InChI=1S/C12H23N7O2/c1-6-21-11-16-9(15-10(17-11)19-13)14-7(2)8(20)18-12(3,4)5/h7H,6,13H2,1-5H3,(H,18,20)(H2,14,15,16,17,19). The van der Waals surface area contributed by atoms with Crippen molar-refractivity contribution in [3.8, 4) is 6.01 Å². The maximum Gasteiger partial charge on any atom is 0.323 e. The second-order valence-corrected chi connectivity index (χ2v) is 5.45. The summed E-state index contributed by atoms with van der Waals surface area (Å²) in [7, 11) is 0. The normalized spacial score (nSPS) is 12.5. The predicted octanol–water partition coefficient (Wildman–Crippen LogP) is 0.271. The summed E-state index contributed by atoms with van der Waals surface area (Å²) in [5.74, 6) is 5.49. The largest absolute Gasteiger partial charge is 0.464 e. The molecule has 1 unspecified atom stereocenters. The highest BCUT2D eigenvalue weighted by atomic mass is 16.5. The highest BCUT2D eigenvalue weighted by Gasteiger charge is 2.20. The SMILES string of the molecule is CCOc1nc(NN)nc(NC(C)C(=O)NC(C)(C)C)n1. The van der Waals surface area contributed by atoms with Gasteiger partial charge in [0.2, 0.25) is 17.8 Å². The van der Waals surface area contributed by atoms with E-state index in [4.69, 9.17) is 10.6 Å². The topological polar surface area (TPSA) is 127 Å². The third-order valence-electron chi connectivity index (χ3n) is 2.25. The Bertz CT molecular complexity index is 487. The highest BCUT2D eigenvalue weighted by Crippen LogP contribution is 2.11. The first-order chi connectivity index (χ1) is 9.75. The molecule has 0 spiro atoms. The van der Waals surface area contributed by atoms with Crippen LogP contribution in [0.1, 0.15) is 34.6 Å². The van der Waals surface area contributed by atoms with Crippen molar-refractivity contribution in [1.29, 1.82) is 0 Å². The molecule has 5 N–H and O–H groups in total. The first kappa shape index (κ1) is 16.9. The van der Waals surface area contributed by atoms with Gasteiger partial charge in [-0.25, -0.2) is 5.84 Å². The van der Waals surface area contributed by atoms with Gasteiger partial charge in [-0.2, -0.15) is 15.0 Å². The van der Waals surface area contributed by atoms with Gasteiger partial charge in [-0.05, 0) is 34.6 Å². The number of rotatable bonds is 6. The maximum absolute atomic E-state index is 12.0. The summed E-state index contributed by atoms with van der Waals surface area (Å²) < 4.78 is 5.21. The van der Waals surface area contributed by atoms with Crippen LogP contribution in [-0.4, -0.2) is 39.0 Å². The van der Waals surface area contributed by atoms with Crippen molar-refractivity contribution in [2.24, 2.45) is 5.84 Å². The van der Waals surface area contributed by atoms with Crippen LogP contribution in [-0.2, 0) is 4.79 Å². The van der Waals surface area contributed by atoms with Gasteiger partial charge in [0, 0.05) is 5.54 Å². The number of carbonyl (C=O) groups is 1. The zero-order chi connectivity index (χ0) is 16.0. The van der Waals surface area contributed by atoms with Crippen molar-refractivity contribution >= 4 is 17.8 Å². The number of carbonyl (C=O) groups excluding carboxylic acids is 1. The highest BCUT2D eigenvalue weighted by molar-refractivity contribution is 5.84. The molecule has 0 saturated carbocycles. The van der Waals surface area contributed by atoms with E-state index in [-0.39, 0.29) is 29.4 Å². The lowest BCUT2D eigenvalue weighted by Gasteiger charge is -2.23. The maximum atomic E-state index is 12.0. The van der Waals surface area contributed by atoms with Crippen LogP contribution in [0.2, 0.25) is 0 Å². The molecule has 0 radical (unpaired) electrons. The number of nitrogens with two attached hydrogens (primary N) is 1. The Morgan fingerprint density at radius 2 is 1.90 bits per heavy atom. The van der Waals surface area contributed by atoms with Crippen molar-refractivity contribution in [3.05, 3.63) is 0 Å². The van der Waals surface area contributed by atoms with Gasteiger partial charge in [0.15, 0.2) is 0 Å². The smallest absolute Gasteiger partial charge is 0.323 e. The molecule has 1 heterocycles. The van der Waals surface area contributed by atoms with E-state index >= 15 is 0 Å². The molecule has 0 aliphatic rings. The number of hydrogen-bond acceptors (Lipinski definition) is 8. The van der Waals surface area contributed by atoms with E-state index in [2.05, 4.69) is 31.0 Å². The van der Waals surface area contributed by atoms with Crippen molar-refractivity contribution in [2.75, 3.05) is 17.3 Å². The average Bonchev–Trinajstić information content (AvgIpc) is 2.36. The second kappa shape index (κ2) is 7.02. The lowest BCUT2D eigenvalue weighted by molar-refractivity contribution is -0.122. The summed E-state index contributed by atoms with van der Waals surface area (Å²) in [5, 5.41) is 5.75. The number of ether oxygens (including phenoxy) is 1. The van der Waals surface area contributed by atoms with Crippen molar-refractivity contribution in [1.82, 2.24) is 20.3 Å². The third-order valence-corrected chi connectivity index (χ3v) is 2.25. The van der Waals surface area contributed by atoms with Crippen molar-refractivity contribution in [3.63, 3.8) is 0 Å². The second-order valence-electron chi connectivity index (χ2n) is 5.45. The molecule has 1 aromatic rings. The van der Waals surface area contributed by atoms with Crippen LogP contribution >= 0.6 is 0 Å². The average molecular weight is 297 g/mol. The number of amides is 1. The number of aromatic nitrogens is 3. The van der Waals surface area contributed by atoms with Crippen LogP contribution in [0.3, 0.4) is 0 Å². The van der Waals surface area contributed by atoms with Gasteiger partial charge in [0.1, 0.15) is 6.04 Å². The molecule has 0 saturated heterocycles. The number of nitrogen functional groups attached to an aromatic ring is 1. The molecular formula is C12H23N7O2. The summed E-state index contributed by atoms with van der Waals surface area (Å²) in [6, 6.07) is -0.391. The molecule has 0 aliphatic heterocycles. The number of nitrogens with one attached hydrogen (secondary N) is 3. The van der Waals surface area contributed by atoms with Crippen molar-refractivity contribution in [2.45, 2.75) is 46.2 Å². The Morgan fingerprint density at radius 1 is 1.29 bits per heavy atom. The Balaban J connectivity index is 2.81. The molecule has 1 amide bonds. The van der Waals surface area contributed by atoms with Gasteiger partial charge in [-0.1, -0.05) is 0 Å². The quantitative estimate of drug-likeness (QED) is 0.435. The number of hydrazine groups is 1. The summed E-state index contributed by atoms with van der Waals surface area (Å²) >= 11 is 0. The first-order valence-corrected chi connectivity index (χ1v) is 6.69. The first-order valence-electron chi connectivity index (χ1n) is 6.69. The molecule has 118 valence electrons. The monoisotopic (exact) mass is 297 g/mol. The van der Waals surface area contributed by atoms with Crippen LogP contribution in [0.25, 0.3) is 0 Å². The minimum atomic E-state index is -0.522.